The maximum absolute atomic E-state index is 9.56. The minimum Gasteiger partial charge on any atom is -0.392 e. The Kier molecular flexibility index (Phi) is 7.76. The summed E-state index contributed by atoms with van der Waals surface area (Å²) in [6, 6.07) is 15.9. The van der Waals surface area contributed by atoms with Gasteiger partial charge in [0.1, 0.15) is 0 Å². The summed E-state index contributed by atoms with van der Waals surface area (Å²) >= 11 is 6.13. The molecule has 0 aliphatic heterocycles. The molecule has 1 atom stereocenters. The van der Waals surface area contributed by atoms with Crippen molar-refractivity contribution in [2.75, 3.05) is 6.54 Å². The summed E-state index contributed by atoms with van der Waals surface area (Å²) in [6.07, 6.45) is 1.05. The van der Waals surface area contributed by atoms with Crippen LogP contribution in [-0.4, -0.2) is 11.7 Å². The Morgan fingerprint density at radius 3 is 2.48 bits per heavy atom. The van der Waals surface area contributed by atoms with Crippen molar-refractivity contribution in [2.45, 2.75) is 26.0 Å². The Labute approximate surface area is 137 Å². The average Bonchev–Trinajstić information content (AvgIpc) is 2.49. The van der Waals surface area contributed by atoms with E-state index in [1.165, 1.54) is 5.56 Å². The molecule has 0 aliphatic carbocycles. The van der Waals surface area contributed by atoms with E-state index >= 15 is 0 Å². The van der Waals surface area contributed by atoms with Crippen LogP contribution < -0.4 is 5.32 Å². The van der Waals surface area contributed by atoms with Gasteiger partial charge in [0, 0.05) is 5.02 Å². The fraction of sp³-hybridized carbons (Fsp3) is 0.294. The molecule has 0 fully saturated rings. The lowest BCUT2D eigenvalue weighted by Gasteiger charge is -2.22. The molecule has 0 aliphatic rings. The molecule has 2 aromatic carbocycles. The second-order valence-corrected chi connectivity index (χ2v) is 5.24. The zero-order chi connectivity index (χ0) is 14.4. The molecule has 1 unspecified atom stereocenters. The third-order valence-electron chi connectivity index (χ3n) is 3.32. The minimum absolute atomic E-state index is 0. The van der Waals surface area contributed by atoms with Crippen LogP contribution in [0, 0.1) is 0 Å². The van der Waals surface area contributed by atoms with Gasteiger partial charge >= 0.3 is 0 Å². The predicted molar refractivity (Wildman–Crippen MR) is 91.2 cm³/mol. The SMILES string of the molecule is CCCNC(c1ccccc1)c1cc(Cl)ccc1CO.Cl. The number of aliphatic hydroxyl groups excluding tert-OH is 1. The summed E-state index contributed by atoms with van der Waals surface area (Å²) in [6.45, 7) is 3.07. The first-order valence-electron chi connectivity index (χ1n) is 6.93. The molecular weight excluding hydrogens is 305 g/mol. The van der Waals surface area contributed by atoms with Crippen molar-refractivity contribution in [3.8, 4) is 0 Å². The van der Waals surface area contributed by atoms with Crippen molar-refractivity contribution in [1.82, 2.24) is 5.32 Å². The van der Waals surface area contributed by atoms with Gasteiger partial charge in [0.2, 0.25) is 0 Å². The molecular formula is C17H21Cl2NO. The first kappa shape index (κ1) is 18.0. The van der Waals surface area contributed by atoms with Gasteiger partial charge in [-0.1, -0.05) is 54.9 Å². The van der Waals surface area contributed by atoms with Gasteiger partial charge in [-0.25, -0.2) is 0 Å². The number of hydrogen-bond acceptors (Lipinski definition) is 2. The van der Waals surface area contributed by atoms with Gasteiger partial charge in [0.25, 0.3) is 0 Å². The van der Waals surface area contributed by atoms with Crippen LogP contribution in [0.25, 0.3) is 0 Å². The maximum Gasteiger partial charge on any atom is 0.0685 e. The van der Waals surface area contributed by atoms with Gasteiger partial charge in [-0.05, 0) is 41.8 Å². The molecule has 0 amide bonds. The van der Waals surface area contributed by atoms with Crippen molar-refractivity contribution in [3.63, 3.8) is 0 Å². The second-order valence-electron chi connectivity index (χ2n) is 4.80. The van der Waals surface area contributed by atoms with E-state index in [1.54, 1.807) is 0 Å². The topological polar surface area (TPSA) is 32.3 Å². The van der Waals surface area contributed by atoms with Crippen molar-refractivity contribution >= 4 is 24.0 Å². The molecule has 2 N–H and O–H groups in total. The van der Waals surface area contributed by atoms with Gasteiger partial charge in [0.05, 0.1) is 12.6 Å². The van der Waals surface area contributed by atoms with E-state index in [1.807, 2.05) is 36.4 Å². The van der Waals surface area contributed by atoms with Crippen molar-refractivity contribution < 1.29 is 5.11 Å². The van der Waals surface area contributed by atoms with Gasteiger partial charge in [-0.2, -0.15) is 0 Å². The van der Waals surface area contributed by atoms with Crippen LogP contribution in [0.15, 0.2) is 48.5 Å². The highest BCUT2D eigenvalue weighted by Gasteiger charge is 2.16. The van der Waals surface area contributed by atoms with E-state index in [-0.39, 0.29) is 25.1 Å². The molecule has 0 saturated heterocycles. The lowest BCUT2D eigenvalue weighted by molar-refractivity contribution is 0.279. The fourth-order valence-corrected chi connectivity index (χ4v) is 2.50. The quantitative estimate of drug-likeness (QED) is 0.827. The predicted octanol–water partition coefficient (Wildman–Crippen LogP) is 4.34. The molecule has 2 aromatic rings. The molecule has 0 bridgehead atoms. The van der Waals surface area contributed by atoms with Gasteiger partial charge in [-0.15, -0.1) is 12.4 Å². The molecule has 0 radical (unpaired) electrons. The number of aliphatic hydroxyl groups is 1. The summed E-state index contributed by atoms with van der Waals surface area (Å²) in [5, 5.41) is 13.8. The average molecular weight is 326 g/mol. The number of rotatable bonds is 6. The van der Waals surface area contributed by atoms with Gasteiger partial charge in [-0.3, -0.25) is 0 Å². The molecule has 0 aromatic heterocycles. The molecule has 114 valence electrons. The summed E-state index contributed by atoms with van der Waals surface area (Å²) in [7, 11) is 0. The first-order valence-corrected chi connectivity index (χ1v) is 7.31. The second kappa shape index (κ2) is 9.06. The van der Waals surface area contributed by atoms with E-state index in [9.17, 15) is 5.11 Å². The van der Waals surface area contributed by atoms with Crippen LogP contribution in [0.1, 0.15) is 36.1 Å². The van der Waals surface area contributed by atoms with E-state index in [2.05, 4.69) is 24.4 Å². The largest absolute Gasteiger partial charge is 0.392 e. The van der Waals surface area contributed by atoms with Crippen LogP contribution in [0.3, 0.4) is 0 Å². The Bertz CT molecular complexity index is 546. The molecule has 21 heavy (non-hydrogen) atoms. The molecule has 0 heterocycles. The Morgan fingerprint density at radius 1 is 1.14 bits per heavy atom. The summed E-state index contributed by atoms with van der Waals surface area (Å²) < 4.78 is 0. The van der Waals surface area contributed by atoms with Crippen LogP contribution in [0.4, 0.5) is 0 Å². The van der Waals surface area contributed by atoms with E-state index in [0.29, 0.717) is 5.02 Å². The smallest absolute Gasteiger partial charge is 0.0685 e. The molecule has 2 rings (SSSR count). The summed E-state index contributed by atoms with van der Waals surface area (Å²) in [5.41, 5.74) is 3.13. The van der Waals surface area contributed by atoms with Crippen LogP contribution in [0.2, 0.25) is 5.02 Å². The van der Waals surface area contributed by atoms with Gasteiger partial charge in [0.15, 0.2) is 0 Å². The monoisotopic (exact) mass is 325 g/mol. The van der Waals surface area contributed by atoms with Crippen LogP contribution in [-0.2, 0) is 6.61 Å². The van der Waals surface area contributed by atoms with Crippen LogP contribution >= 0.6 is 24.0 Å². The molecule has 0 saturated carbocycles. The highest BCUT2D eigenvalue weighted by atomic mass is 35.5. The lowest BCUT2D eigenvalue weighted by atomic mass is 9.94. The van der Waals surface area contributed by atoms with Crippen LogP contribution in [0.5, 0.6) is 0 Å². The van der Waals surface area contributed by atoms with E-state index in [4.69, 9.17) is 11.6 Å². The Morgan fingerprint density at radius 2 is 1.86 bits per heavy atom. The number of hydrogen-bond donors (Lipinski definition) is 2. The molecule has 0 spiro atoms. The Hall–Kier alpha value is -1.06. The lowest BCUT2D eigenvalue weighted by Crippen LogP contribution is -2.24. The van der Waals surface area contributed by atoms with E-state index < -0.39 is 0 Å². The summed E-state index contributed by atoms with van der Waals surface area (Å²) in [4.78, 5) is 0. The standard InChI is InChI=1S/C17H20ClNO.ClH/c1-2-10-19-17(13-6-4-3-5-7-13)16-11-15(18)9-8-14(16)12-20;/h3-9,11,17,19-20H,2,10,12H2,1H3;1H. The molecule has 2 nitrogen and oxygen atoms in total. The van der Waals surface area contributed by atoms with Crippen molar-refractivity contribution in [3.05, 3.63) is 70.2 Å². The first-order chi connectivity index (χ1) is 9.76. The number of benzene rings is 2. The molecule has 4 heteroatoms. The zero-order valence-corrected chi connectivity index (χ0v) is 13.6. The fourth-order valence-electron chi connectivity index (χ4n) is 2.32. The Balaban J connectivity index is 0.00000220. The third kappa shape index (κ3) is 4.72. The van der Waals surface area contributed by atoms with Gasteiger partial charge < -0.3 is 10.4 Å². The number of nitrogens with one attached hydrogen (secondary N) is 1. The third-order valence-corrected chi connectivity index (χ3v) is 3.56. The normalized spacial score (nSPS) is 11.8. The summed E-state index contributed by atoms with van der Waals surface area (Å²) in [5.74, 6) is 0. The van der Waals surface area contributed by atoms with E-state index in [0.717, 1.165) is 24.1 Å². The maximum atomic E-state index is 9.56. The highest BCUT2D eigenvalue weighted by molar-refractivity contribution is 6.30. The highest BCUT2D eigenvalue weighted by Crippen LogP contribution is 2.28. The minimum atomic E-state index is 0. The number of halogens is 2. The van der Waals surface area contributed by atoms with Crippen molar-refractivity contribution in [1.29, 1.82) is 0 Å². The van der Waals surface area contributed by atoms with Crippen molar-refractivity contribution in [2.24, 2.45) is 0 Å². The zero-order valence-electron chi connectivity index (χ0n) is 12.1.